The summed E-state index contributed by atoms with van der Waals surface area (Å²) in [5.41, 5.74) is 0.386. The van der Waals surface area contributed by atoms with Crippen molar-refractivity contribution < 1.29 is 9.18 Å². The Balaban J connectivity index is 1.80. The molecule has 2 aromatic carbocycles. The van der Waals surface area contributed by atoms with Crippen molar-refractivity contribution in [3.63, 3.8) is 0 Å². The van der Waals surface area contributed by atoms with Crippen molar-refractivity contribution in [2.24, 2.45) is 0 Å². The Morgan fingerprint density at radius 3 is 2.71 bits per heavy atom. The van der Waals surface area contributed by atoms with E-state index in [4.69, 9.17) is 0 Å². The quantitative estimate of drug-likeness (QED) is 0.781. The molecule has 0 bridgehead atoms. The van der Waals surface area contributed by atoms with E-state index in [2.05, 4.69) is 15.4 Å². The number of anilines is 1. The van der Waals surface area contributed by atoms with Gasteiger partial charge in [0.05, 0.1) is 6.54 Å². The number of likely N-dealkylation sites (N-methyl/N-ethyl adjacent to an activating group) is 1. The first-order valence-electron chi connectivity index (χ1n) is 7.57. The van der Waals surface area contributed by atoms with Crippen LogP contribution in [0.1, 0.15) is 10.4 Å². The van der Waals surface area contributed by atoms with Crippen molar-refractivity contribution in [2.45, 2.75) is 6.54 Å². The van der Waals surface area contributed by atoms with Crippen LogP contribution in [0.4, 0.5) is 10.3 Å². The predicted molar refractivity (Wildman–Crippen MR) is 90.4 cm³/mol. The Hall–Kier alpha value is -2.80. The maximum atomic E-state index is 13.8. The molecule has 0 aliphatic heterocycles. The highest BCUT2D eigenvalue weighted by Gasteiger charge is 2.14. The lowest BCUT2D eigenvalue weighted by Gasteiger charge is -2.08. The molecule has 0 atom stereocenters. The van der Waals surface area contributed by atoms with Gasteiger partial charge in [0.15, 0.2) is 0 Å². The van der Waals surface area contributed by atoms with E-state index < -0.39 is 0 Å². The molecule has 1 amide bonds. The number of hydrogen-bond acceptors (Lipinski definition) is 4. The third-order valence-electron chi connectivity index (χ3n) is 3.65. The average molecular weight is 327 g/mol. The van der Waals surface area contributed by atoms with E-state index in [1.54, 1.807) is 35.3 Å². The zero-order valence-electron chi connectivity index (χ0n) is 13.5. The second kappa shape index (κ2) is 6.76. The minimum Gasteiger partial charge on any atom is -0.308 e. The van der Waals surface area contributed by atoms with Gasteiger partial charge in [-0.15, -0.1) is 5.10 Å². The largest absolute Gasteiger partial charge is 0.308 e. The van der Waals surface area contributed by atoms with Crippen LogP contribution < -0.4 is 5.32 Å². The summed E-state index contributed by atoms with van der Waals surface area (Å²) in [7, 11) is 3.94. The Kier molecular flexibility index (Phi) is 4.52. The van der Waals surface area contributed by atoms with E-state index in [1.807, 2.05) is 19.0 Å². The number of hydrogen-bond donors (Lipinski definition) is 1. The van der Waals surface area contributed by atoms with E-state index in [0.717, 1.165) is 6.54 Å². The summed E-state index contributed by atoms with van der Waals surface area (Å²) < 4.78 is 15.5. The molecule has 0 fully saturated rings. The van der Waals surface area contributed by atoms with Crippen LogP contribution in [-0.2, 0) is 6.54 Å². The fourth-order valence-electron chi connectivity index (χ4n) is 2.39. The number of carbonyl (C=O) groups excluding carboxylic acids is 1. The Morgan fingerprint density at radius 2 is 1.96 bits per heavy atom. The van der Waals surface area contributed by atoms with Gasteiger partial charge < -0.3 is 4.90 Å². The van der Waals surface area contributed by atoms with Crippen LogP contribution in [0.5, 0.6) is 0 Å². The highest BCUT2D eigenvalue weighted by molar-refractivity contribution is 6.12. The second-order valence-corrected chi connectivity index (χ2v) is 5.73. The van der Waals surface area contributed by atoms with Gasteiger partial charge in [0, 0.05) is 17.5 Å². The Labute approximate surface area is 138 Å². The van der Waals surface area contributed by atoms with Crippen molar-refractivity contribution in [3.05, 3.63) is 54.1 Å². The minimum atomic E-state index is -0.364. The van der Waals surface area contributed by atoms with Crippen LogP contribution in [0, 0.1) is 5.82 Å². The fraction of sp³-hybridized carbons (Fsp3) is 0.235. The number of aromatic nitrogens is 3. The summed E-state index contributed by atoms with van der Waals surface area (Å²) >= 11 is 0. The molecule has 0 aliphatic rings. The summed E-state index contributed by atoms with van der Waals surface area (Å²) in [5, 5.41) is 7.85. The third-order valence-corrected chi connectivity index (χ3v) is 3.65. The molecule has 24 heavy (non-hydrogen) atoms. The number of amides is 1. The molecule has 6 nitrogen and oxygen atoms in total. The van der Waals surface area contributed by atoms with E-state index in [0.29, 0.717) is 22.9 Å². The summed E-state index contributed by atoms with van der Waals surface area (Å²) in [5.74, 6) is -0.489. The highest BCUT2D eigenvalue weighted by atomic mass is 19.1. The molecule has 0 saturated carbocycles. The number of fused-ring (bicyclic) bond motifs is 1. The topological polar surface area (TPSA) is 63.1 Å². The predicted octanol–water partition coefficient (Wildman–Crippen LogP) is 2.38. The number of carbonyl (C=O) groups is 1. The molecule has 3 rings (SSSR count). The standard InChI is InChI=1S/C17H18FN5O/c1-22(2)9-10-23-11-19-17(21-23)20-16(24)14-7-8-15(18)13-6-4-3-5-12(13)14/h3-8,11H,9-10H2,1-2H3,(H,20,21,24). The lowest BCUT2D eigenvalue weighted by atomic mass is 10.0. The van der Waals surface area contributed by atoms with Gasteiger partial charge in [0.1, 0.15) is 12.1 Å². The molecular formula is C17H18FN5O. The van der Waals surface area contributed by atoms with E-state index in [9.17, 15) is 9.18 Å². The maximum absolute atomic E-state index is 13.8. The van der Waals surface area contributed by atoms with Crippen LogP contribution in [0.3, 0.4) is 0 Å². The third kappa shape index (κ3) is 3.41. The van der Waals surface area contributed by atoms with Gasteiger partial charge >= 0.3 is 0 Å². The number of halogens is 1. The zero-order chi connectivity index (χ0) is 17.1. The molecule has 0 unspecified atom stereocenters. The zero-order valence-corrected chi connectivity index (χ0v) is 13.5. The summed E-state index contributed by atoms with van der Waals surface area (Å²) in [6.07, 6.45) is 1.57. The fourth-order valence-corrected chi connectivity index (χ4v) is 2.39. The van der Waals surface area contributed by atoms with Gasteiger partial charge in [0.2, 0.25) is 5.95 Å². The van der Waals surface area contributed by atoms with Gasteiger partial charge in [-0.05, 0) is 31.6 Å². The van der Waals surface area contributed by atoms with E-state index in [-0.39, 0.29) is 17.7 Å². The molecule has 0 aliphatic carbocycles. The molecular weight excluding hydrogens is 309 g/mol. The minimum absolute atomic E-state index is 0.229. The average Bonchev–Trinajstić information content (AvgIpc) is 3.01. The second-order valence-electron chi connectivity index (χ2n) is 5.73. The van der Waals surface area contributed by atoms with Crippen LogP contribution >= 0.6 is 0 Å². The van der Waals surface area contributed by atoms with Crippen molar-refractivity contribution in [1.29, 1.82) is 0 Å². The molecule has 1 aromatic heterocycles. The first kappa shape index (κ1) is 16.1. The monoisotopic (exact) mass is 327 g/mol. The first-order chi connectivity index (χ1) is 11.5. The van der Waals surface area contributed by atoms with Crippen molar-refractivity contribution in [3.8, 4) is 0 Å². The summed E-state index contributed by atoms with van der Waals surface area (Å²) in [4.78, 5) is 18.6. The van der Waals surface area contributed by atoms with Crippen molar-refractivity contribution in [2.75, 3.05) is 26.0 Å². The molecule has 0 saturated heterocycles. The lowest BCUT2D eigenvalue weighted by Crippen LogP contribution is -2.19. The van der Waals surface area contributed by atoms with Crippen LogP contribution in [0.15, 0.2) is 42.7 Å². The maximum Gasteiger partial charge on any atom is 0.258 e. The molecule has 7 heteroatoms. The SMILES string of the molecule is CN(C)CCn1cnc(NC(=O)c2ccc(F)c3ccccc23)n1. The van der Waals surface area contributed by atoms with Crippen LogP contribution in [0.25, 0.3) is 10.8 Å². The van der Waals surface area contributed by atoms with Crippen LogP contribution in [0.2, 0.25) is 0 Å². The smallest absolute Gasteiger partial charge is 0.258 e. The Bertz CT molecular complexity index is 874. The first-order valence-corrected chi connectivity index (χ1v) is 7.57. The van der Waals surface area contributed by atoms with Gasteiger partial charge in [0.25, 0.3) is 5.91 Å². The van der Waals surface area contributed by atoms with Gasteiger partial charge in [-0.2, -0.15) is 0 Å². The van der Waals surface area contributed by atoms with Crippen molar-refractivity contribution in [1.82, 2.24) is 19.7 Å². The van der Waals surface area contributed by atoms with Gasteiger partial charge in [-0.1, -0.05) is 24.3 Å². The van der Waals surface area contributed by atoms with Gasteiger partial charge in [-0.3, -0.25) is 10.1 Å². The summed E-state index contributed by atoms with van der Waals surface area (Å²) in [6.45, 7) is 1.49. The normalized spacial score (nSPS) is 11.2. The summed E-state index contributed by atoms with van der Waals surface area (Å²) in [6, 6.07) is 9.64. The number of nitrogens with one attached hydrogen (secondary N) is 1. The van der Waals surface area contributed by atoms with E-state index >= 15 is 0 Å². The molecule has 1 heterocycles. The van der Waals surface area contributed by atoms with Gasteiger partial charge in [-0.25, -0.2) is 14.1 Å². The van der Waals surface area contributed by atoms with Crippen LogP contribution in [-0.4, -0.2) is 46.2 Å². The number of nitrogens with zero attached hydrogens (tertiary/aromatic N) is 4. The molecule has 1 N–H and O–H groups in total. The highest BCUT2D eigenvalue weighted by Crippen LogP contribution is 2.22. The number of benzene rings is 2. The molecule has 124 valence electrons. The molecule has 0 radical (unpaired) electrons. The molecule has 0 spiro atoms. The number of rotatable bonds is 5. The van der Waals surface area contributed by atoms with Crippen molar-refractivity contribution >= 4 is 22.6 Å². The molecule has 3 aromatic rings. The Morgan fingerprint density at radius 1 is 1.21 bits per heavy atom. The van der Waals surface area contributed by atoms with E-state index in [1.165, 1.54) is 12.1 Å². The lowest BCUT2D eigenvalue weighted by molar-refractivity contribution is 0.102.